The lowest BCUT2D eigenvalue weighted by atomic mass is 10.1. The Kier molecular flexibility index (Phi) is 5.99. The summed E-state index contributed by atoms with van der Waals surface area (Å²) in [5.74, 6) is 1.02. The van der Waals surface area contributed by atoms with Gasteiger partial charge < -0.3 is 18.8 Å². The third-order valence-corrected chi connectivity index (χ3v) is 5.83. The van der Waals surface area contributed by atoms with Crippen LogP contribution in [0.2, 0.25) is 0 Å². The zero-order valence-electron chi connectivity index (χ0n) is 18.0. The van der Waals surface area contributed by atoms with Gasteiger partial charge in [0.15, 0.2) is 5.58 Å². The number of aromatic nitrogens is 1. The van der Waals surface area contributed by atoms with E-state index >= 15 is 0 Å². The number of oxazole rings is 1. The number of methoxy groups -OCH3 is 2. The zero-order valence-corrected chi connectivity index (χ0v) is 18.0. The van der Waals surface area contributed by atoms with Crippen LogP contribution in [0.15, 0.2) is 51.7 Å². The predicted octanol–water partition coefficient (Wildman–Crippen LogP) is 2.52. The third kappa shape index (κ3) is 4.16. The van der Waals surface area contributed by atoms with Gasteiger partial charge in [0.2, 0.25) is 5.91 Å². The van der Waals surface area contributed by atoms with Crippen molar-refractivity contribution in [2.75, 3.05) is 40.4 Å². The summed E-state index contributed by atoms with van der Waals surface area (Å²) in [6.07, 6.45) is 0. The summed E-state index contributed by atoms with van der Waals surface area (Å²) in [6.45, 7) is 5.13. The van der Waals surface area contributed by atoms with Gasteiger partial charge in [-0.2, -0.15) is 0 Å². The van der Waals surface area contributed by atoms with Crippen LogP contribution in [0.5, 0.6) is 11.5 Å². The summed E-state index contributed by atoms with van der Waals surface area (Å²) >= 11 is 0. The average Bonchev–Trinajstić information content (AvgIpc) is 3.14. The molecule has 31 heavy (non-hydrogen) atoms. The van der Waals surface area contributed by atoms with Crippen LogP contribution in [0.25, 0.3) is 11.1 Å². The smallest absolute Gasteiger partial charge is 0.420 e. The molecule has 2 aromatic carbocycles. The van der Waals surface area contributed by atoms with E-state index < -0.39 is 11.8 Å². The molecule has 1 atom stereocenters. The molecule has 8 heteroatoms. The maximum Gasteiger partial charge on any atom is 0.420 e. The minimum absolute atomic E-state index is 0.0766. The Bertz CT molecular complexity index is 1130. The number of carbonyl (C=O) groups is 1. The van der Waals surface area contributed by atoms with E-state index in [0.29, 0.717) is 30.7 Å². The average molecular weight is 425 g/mol. The molecule has 1 fully saturated rings. The molecule has 164 valence electrons. The Morgan fingerprint density at radius 2 is 1.81 bits per heavy atom. The van der Waals surface area contributed by atoms with E-state index in [1.165, 1.54) is 4.57 Å². The van der Waals surface area contributed by atoms with Crippen molar-refractivity contribution in [2.45, 2.75) is 19.5 Å². The fourth-order valence-corrected chi connectivity index (χ4v) is 4.10. The number of hydrogen-bond acceptors (Lipinski definition) is 6. The highest BCUT2D eigenvalue weighted by atomic mass is 16.5. The number of piperazine rings is 1. The largest absolute Gasteiger partial charge is 0.497 e. The monoisotopic (exact) mass is 425 g/mol. The topological polar surface area (TPSA) is 77.2 Å². The minimum atomic E-state index is -0.624. The molecular formula is C23H27N3O5. The number of benzene rings is 2. The van der Waals surface area contributed by atoms with Gasteiger partial charge in [-0.1, -0.05) is 12.1 Å². The maximum atomic E-state index is 13.1. The van der Waals surface area contributed by atoms with Gasteiger partial charge in [0, 0.05) is 38.3 Å². The van der Waals surface area contributed by atoms with Crippen LogP contribution in [0.3, 0.4) is 0 Å². The highest BCUT2D eigenvalue weighted by Crippen LogP contribution is 2.26. The van der Waals surface area contributed by atoms with E-state index in [-0.39, 0.29) is 5.91 Å². The highest BCUT2D eigenvalue weighted by Gasteiger charge is 2.28. The van der Waals surface area contributed by atoms with Crippen molar-refractivity contribution in [1.29, 1.82) is 0 Å². The first-order valence-corrected chi connectivity index (χ1v) is 10.3. The van der Waals surface area contributed by atoms with Gasteiger partial charge in [-0.3, -0.25) is 14.3 Å². The van der Waals surface area contributed by atoms with E-state index in [4.69, 9.17) is 13.9 Å². The Hall–Kier alpha value is -3.26. The molecule has 1 amide bonds. The first-order valence-electron chi connectivity index (χ1n) is 10.3. The van der Waals surface area contributed by atoms with Crippen molar-refractivity contribution in [3.8, 4) is 11.5 Å². The van der Waals surface area contributed by atoms with Crippen molar-refractivity contribution in [3.63, 3.8) is 0 Å². The molecule has 2 heterocycles. The normalized spacial score (nSPS) is 15.8. The van der Waals surface area contributed by atoms with Gasteiger partial charge in [-0.25, -0.2) is 4.79 Å². The second-order valence-electron chi connectivity index (χ2n) is 7.66. The molecule has 0 N–H and O–H groups in total. The number of hydrogen-bond donors (Lipinski definition) is 0. The first-order chi connectivity index (χ1) is 15.0. The molecule has 0 aliphatic carbocycles. The van der Waals surface area contributed by atoms with Gasteiger partial charge >= 0.3 is 5.76 Å². The van der Waals surface area contributed by atoms with Gasteiger partial charge in [-0.05, 0) is 37.3 Å². The number of ether oxygens (including phenoxy) is 2. The second kappa shape index (κ2) is 8.85. The van der Waals surface area contributed by atoms with Crippen molar-refractivity contribution in [2.24, 2.45) is 0 Å². The van der Waals surface area contributed by atoms with Crippen LogP contribution in [-0.4, -0.2) is 60.7 Å². The van der Waals surface area contributed by atoms with Crippen LogP contribution in [-0.2, 0) is 11.3 Å². The maximum absolute atomic E-state index is 13.1. The van der Waals surface area contributed by atoms with Crippen LogP contribution >= 0.6 is 0 Å². The molecule has 1 aliphatic rings. The van der Waals surface area contributed by atoms with Crippen molar-refractivity contribution >= 4 is 17.0 Å². The summed E-state index contributed by atoms with van der Waals surface area (Å²) in [7, 11) is 3.30. The zero-order chi connectivity index (χ0) is 22.0. The fraction of sp³-hybridized carbons (Fsp3) is 0.391. The minimum Gasteiger partial charge on any atom is -0.497 e. The van der Waals surface area contributed by atoms with Crippen molar-refractivity contribution < 1.29 is 18.7 Å². The summed E-state index contributed by atoms with van der Waals surface area (Å²) in [5, 5.41) is 0. The summed E-state index contributed by atoms with van der Waals surface area (Å²) in [6, 6.07) is 12.3. The fourth-order valence-electron chi connectivity index (χ4n) is 4.10. The quantitative estimate of drug-likeness (QED) is 0.604. The van der Waals surface area contributed by atoms with Gasteiger partial charge in [0.05, 0.1) is 19.7 Å². The van der Waals surface area contributed by atoms with Gasteiger partial charge in [0.25, 0.3) is 0 Å². The highest BCUT2D eigenvalue weighted by molar-refractivity contribution is 5.83. The second-order valence-corrected chi connectivity index (χ2v) is 7.66. The first kappa shape index (κ1) is 21.0. The van der Waals surface area contributed by atoms with E-state index in [0.717, 1.165) is 30.2 Å². The molecule has 1 unspecified atom stereocenters. The molecule has 4 rings (SSSR count). The number of para-hydroxylation sites is 2. The predicted molar refractivity (Wildman–Crippen MR) is 117 cm³/mol. The molecular weight excluding hydrogens is 398 g/mol. The molecule has 0 spiro atoms. The molecule has 0 bridgehead atoms. The van der Waals surface area contributed by atoms with E-state index in [1.54, 1.807) is 39.3 Å². The number of fused-ring (bicyclic) bond motifs is 1. The third-order valence-electron chi connectivity index (χ3n) is 5.83. The van der Waals surface area contributed by atoms with Crippen LogP contribution in [0, 0.1) is 0 Å². The van der Waals surface area contributed by atoms with Crippen LogP contribution < -0.4 is 15.2 Å². The molecule has 0 radical (unpaired) electrons. The van der Waals surface area contributed by atoms with E-state index in [2.05, 4.69) is 4.90 Å². The summed E-state index contributed by atoms with van der Waals surface area (Å²) in [5.41, 5.74) is 2.17. The lowest BCUT2D eigenvalue weighted by molar-refractivity contribution is -0.136. The Morgan fingerprint density at radius 3 is 2.52 bits per heavy atom. The SMILES string of the molecule is COc1ccc(OC)c(CN2CCN(C(=O)C(C)n3c(=O)oc4ccccc43)CC2)c1. The number of amides is 1. The summed E-state index contributed by atoms with van der Waals surface area (Å²) in [4.78, 5) is 29.5. The standard InChI is InChI=1S/C23H27N3O5/c1-16(26-19-6-4-5-7-21(19)31-23(26)28)22(27)25-12-10-24(11-13-25)15-17-14-18(29-2)8-9-20(17)30-3/h4-9,14,16H,10-13,15H2,1-3H3. The Labute approximate surface area is 180 Å². The molecule has 0 saturated carbocycles. The van der Waals surface area contributed by atoms with E-state index in [9.17, 15) is 9.59 Å². The lowest BCUT2D eigenvalue weighted by Crippen LogP contribution is -2.50. The molecule has 8 nitrogen and oxygen atoms in total. The number of carbonyl (C=O) groups excluding carboxylic acids is 1. The van der Waals surface area contributed by atoms with Crippen LogP contribution in [0.1, 0.15) is 18.5 Å². The molecule has 1 aromatic heterocycles. The number of nitrogens with zero attached hydrogens (tertiary/aromatic N) is 3. The Morgan fingerprint density at radius 1 is 1.06 bits per heavy atom. The van der Waals surface area contributed by atoms with Crippen LogP contribution in [0.4, 0.5) is 0 Å². The molecule has 3 aromatic rings. The van der Waals surface area contributed by atoms with Gasteiger partial charge in [0.1, 0.15) is 17.5 Å². The lowest BCUT2D eigenvalue weighted by Gasteiger charge is -2.36. The number of rotatable bonds is 6. The van der Waals surface area contributed by atoms with Crippen molar-refractivity contribution in [1.82, 2.24) is 14.4 Å². The summed E-state index contributed by atoms with van der Waals surface area (Å²) < 4.78 is 17.5. The molecule has 1 saturated heterocycles. The van der Waals surface area contributed by atoms with Crippen molar-refractivity contribution in [3.05, 3.63) is 58.6 Å². The van der Waals surface area contributed by atoms with Gasteiger partial charge in [-0.15, -0.1) is 0 Å². The Balaban J connectivity index is 1.42. The molecule has 1 aliphatic heterocycles. The van der Waals surface area contributed by atoms with E-state index in [1.807, 2.05) is 29.2 Å².